The second kappa shape index (κ2) is 5.64. The molecule has 6 heteroatoms. The topological polar surface area (TPSA) is 71.1 Å². The lowest BCUT2D eigenvalue weighted by Gasteiger charge is -2.26. The summed E-state index contributed by atoms with van der Waals surface area (Å²) in [5.74, 6) is 0. The van der Waals surface area contributed by atoms with Gasteiger partial charge in [-0.3, -0.25) is 0 Å². The zero-order valence-electron chi connectivity index (χ0n) is 9.23. The van der Waals surface area contributed by atoms with E-state index in [0.29, 0.717) is 11.4 Å². The number of nitrogens with zero attached hydrogens (tertiary/aromatic N) is 3. The van der Waals surface area contributed by atoms with E-state index in [9.17, 15) is 5.21 Å². The van der Waals surface area contributed by atoms with Crippen molar-refractivity contribution in [1.82, 2.24) is 5.01 Å². The molecule has 0 aliphatic carbocycles. The van der Waals surface area contributed by atoms with Crippen LogP contribution in [0.2, 0.25) is 0 Å². The molecule has 0 unspecified atom stereocenters. The summed E-state index contributed by atoms with van der Waals surface area (Å²) >= 11 is 0. The summed E-state index contributed by atoms with van der Waals surface area (Å²) in [5.41, 5.74) is -0.300. The van der Waals surface area contributed by atoms with E-state index >= 15 is 0 Å². The van der Waals surface area contributed by atoms with Crippen molar-refractivity contribution in [1.29, 1.82) is 0 Å². The van der Waals surface area contributed by atoms with Crippen LogP contribution < -0.4 is 0 Å². The fraction of sp³-hybridized carbons (Fsp3) is 1.00. The largest absolute Gasteiger partial charge is 0.569 e. The van der Waals surface area contributed by atoms with Crippen molar-refractivity contribution in [2.75, 3.05) is 20.3 Å². The Labute approximate surface area is 84.3 Å². The first kappa shape index (κ1) is 13.0. The second-order valence-corrected chi connectivity index (χ2v) is 3.94. The molecular weight excluding hydrogens is 186 g/mol. The summed E-state index contributed by atoms with van der Waals surface area (Å²) < 4.78 is 0. The SMILES string of the molecule is CN(/[N+]([O-])=N/OCCCO)C(C)(C)C. The second-order valence-electron chi connectivity index (χ2n) is 3.94. The molecule has 14 heavy (non-hydrogen) atoms. The van der Waals surface area contributed by atoms with Crippen molar-refractivity contribution in [2.45, 2.75) is 32.7 Å². The molecule has 0 saturated carbocycles. The Morgan fingerprint density at radius 3 is 2.50 bits per heavy atom. The van der Waals surface area contributed by atoms with Crippen LogP contribution in [0.4, 0.5) is 0 Å². The Kier molecular flexibility index (Phi) is 5.22. The summed E-state index contributed by atoms with van der Waals surface area (Å²) in [6.45, 7) is 5.94. The van der Waals surface area contributed by atoms with Gasteiger partial charge in [-0.15, -0.1) is 5.01 Å². The summed E-state index contributed by atoms with van der Waals surface area (Å²) in [6.07, 6.45) is 0.469. The molecule has 0 aromatic carbocycles. The number of hydrogen-bond acceptors (Lipinski definition) is 4. The quantitative estimate of drug-likeness (QED) is 0.313. The van der Waals surface area contributed by atoms with Crippen LogP contribution in [-0.4, -0.2) is 40.9 Å². The lowest BCUT2D eigenvalue weighted by atomic mass is 10.1. The van der Waals surface area contributed by atoms with Gasteiger partial charge in [0.25, 0.3) is 0 Å². The number of rotatable bonds is 5. The van der Waals surface area contributed by atoms with Gasteiger partial charge in [-0.05, 0) is 20.8 Å². The van der Waals surface area contributed by atoms with Gasteiger partial charge >= 0.3 is 0 Å². The third-order valence-electron chi connectivity index (χ3n) is 1.75. The molecule has 0 bridgehead atoms. The molecule has 0 amide bonds. The van der Waals surface area contributed by atoms with Crippen LogP contribution in [0.5, 0.6) is 0 Å². The molecule has 0 aromatic rings. The number of aliphatic hydroxyl groups excluding tert-OH is 1. The smallest absolute Gasteiger partial charge is 0.233 e. The molecule has 0 saturated heterocycles. The Bertz CT molecular complexity index is 189. The highest BCUT2D eigenvalue weighted by molar-refractivity contribution is 4.64. The van der Waals surface area contributed by atoms with Crippen molar-refractivity contribution in [2.24, 2.45) is 5.28 Å². The first-order chi connectivity index (χ1) is 6.39. The fourth-order valence-electron chi connectivity index (χ4n) is 0.531. The van der Waals surface area contributed by atoms with Gasteiger partial charge in [-0.1, -0.05) is 0 Å². The molecule has 0 aromatic heterocycles. The zero-order valence-corrected chi connectivity index (χ0v) is 9.23. The maximum Gasteiger partial charge on any atom is 0.233 e. The minimum absolute atomic E-state index is 0.0312. The molecule has 0 aliphatic rings. The monoisotopic (exact) mass is 205 g/mol. The molecule has 0 spiro atoms. The minimum Gasteiger partial charge on any atom is -0.569 e. The van der Waals surface area contributed by atoms with Gasteiger partial charge in [0.05, 0.1) is 17.6 Å². The van der Waals surface area contributed by atoms with Gasteiger partial charge in [-0.2, -0.15) is 0 Å². The van der Waals surface area contributed by atoms with E-state index in [-0.39, 0.29) is 18.8 Å². The Morgan fingerprint density at radius 1 is 1.50 bits per heavy atom. The van der Waals surface area contributed by atoms with E-state index in [1.54, 1.807) is 7.05 Å². The molecule has 0 atom stereocenters. The van der Waals surface area contributed by atoms with Gasteiger partial charge in [0.15, 0.2) is 0 Å². The van der Waals surface area contributed by atoms with Gasteiger partial charge < -0.3 is 15.2 Å². The van der Waals surface area contributed by atoms with Crippen molar-refractivity contribution >= 4 is 0 Å². The van der Waals surface area contributed by atoms with Crippen LogP contribution in [0.3, 0.4) is 0 Å². The van der Waals surface area contributed by atoms with Gasteiger partial charge in [-0.25, -0.2) is 0 Å². The lowest BCUT2D eigenvalue weighted by molar-refractivity contribution is -0.719. The van der Waals surface area contributed by atoms with E-state index in [1.165, 1.54) is 5.01 Å². The maximum absolute atomic E-state index is 11.2. The van der Waals surface area contributed by atoms with Crippen LogP contribution in [0, 0.1) is 5.21 Å². The molecule has 1 N–H and O–H groups in total. The van der Waals surface area contributed by atoms with Crippen molar-refractivity contribution in [3.63, 3.8) is 0 Å². The Morgan fingerprint density at radius 2 is 2.07 bits per heavy atom. The van der Waals surface area contributed by atoms with Crippen LogP contribution in [-0.2, 0) is 4.84 Å². The highest BCUT2D eigenvalue weighted by Crippen LogP contribution is 2.10. The summed E-state index contributed by atoms with van der Waals surface area (Å²) in [5, 5.41) is 24.4. The standard InChI is InChI=1S/C8H19N3O3/c1-8(2,3)10(4)11(13)9-14-7-5-6-12/h12H,5-7H2,1-4H3/b11-9-. The normalized spacial score (nSPS) is 12.8. The molecular formula is C8H19N3O3. The fourth-order valence-corrected chi connectivity index (χ4v) is 0.531. The van der Waals surface area contributed by atoms with E-state index < -0.39 is 0 Å². The van der Waals surface area contributed by atoms with E-state index in [4.69, 9.17) is 5.11 Å². The maximum atomic E-state index is 11.2. The number of aliphatic hydroxyl groups is 1. The van der Waals surface area contributed by atoms with Crippen LogP contribution in [0.25, 0.3) is 0 Å². The third kappa shape index (κ3) is 4.86. The predicted molar refractivity (Wildman–Crippen MR) is 51.2 cm³/mol. The van der Waals surface area contributed by atoms with Crippen LogP contribution in [0.15, 0.2) is 5.28 Å². The van der Waals surface area contributed by atoms with E-state index in [1.807, 2.05) is 20.8 Å². The zero-order chi connectivity index (χ0) is 11.2. The molecule has 6 nitrogen and oxygen atoms in total. The van der Waals surface area contributed by atoms with Crippen molar-refractivity contribution < 1.29 is 14.9 Å². The average molecular weight is 205 g/mol. The van der Waals surface area contributed by atoms with Gasteiger partial charge in [0, 0.05) is 13.0 Å². The highest BCUT2D eigenvalue weighted by Gasteiger charge is 2.23. The average Bonchev–Trinajstić information content (AvgIpc) is 2.09. The number of hydrogen-bond donors (Lipinski definition) is 1. The van der Waals surface area contributed by atoms with E-state index in [0.717, 1.165) is 0 Å². The predicted octanol–water partition coefficient (Wildman–Crippen LogP) is 0.908. The number of hydrazine groups is 1. The molecule has 0 rings (SSSR count). The van der Waals surface area contributed by atoms with Crippen LogP contribution >= 0.6 is 0 Å². The Hall–Kier alpha value is -1.04. The third-order valence-corrected chi connectivity index (χ3v) is 1.75. The van der Waals surface area contributed by atoms with Crippen molar-refractivity contribution in [3.05, 3.63) is 5.21 Å². The van der Waals surface area contributed by atoms with Gasteiger partial charge in [0.1, 0.15) is 6.61 Å². The van der Waals surface area contributed by atoms with Gasteiger partial charge in [0.2, 0.25) is 5.28 Å². The molecule has 0 aliphatic heterocycles. The highest BCUT2D eigenvalue weighted by atomic mass is 16.7. The molecule has 0 heterocycles. The van der Waals surface area contributed by atoms with Crippen molar-refractivity contribution in [3.8, 4) is 0 Å². The summed E-state index contributed by atoms with van der Waals surface area (Å²) in [4.78, 5) is 5.09. The lowest BCUT2D eigenvalue weighted by Crippen LogP contribution is -2.42. The summed E-state index contributed by atoms with van der Waals surface area (Å²) in [6, 6.07) is 0. The summed E-state index contributed by atoms with van der Waals surface area (Å²) in [7, 11) is 1.63. The first-order valence-electron chi connectivity index (χ1n) is 4.54. The minimum atomic E-state index is -0.300. The Balaban J connectivity index is 3.98. The molecule has 84 valence electrons. The van der Waals surface area contributed by atoms with Crippen LogP contribution in [0.1, 0.15) is 27.2 Å². The molecule has 0 fully saturated rings. The first-order valence-corrected chi connectivity index (χ1v) is 4.54. The van der Waals surface area contributed by atoms with E-state index in [2.05, 4.69) is 10.1 Å². The molecule has 0 radical (unpaired) electrons.